The van der Waals surface area contributed by atoms with E-state index in [-0.39, 0.29) is 19.2 Å². The Kier molecular flexibility index (Phi) is 14.9. The number of carbonyl (C=O) groups excluding carboxylic acids is 1. The van der Waals surface area contributed by atoms with Crippen LogP contribution >= 0.6 is 0 Å². The zero-order valence-corrected chi connectivity index (χ0v) is 27.0. The summed E-state index contributed by atoms with van der Waals surface area (Å²) in [4.78, 5) is 12.6. The Bertz CT molecular complexity index is 1260. The minimum Gasteiger partial charge on any atom is -0.427 e. The fraction of sp³-hybridized carbons (Fsp3) is 0.500. The van der Waals surface area contributed by atoms with E-state index in [0.29, 0.717) is 44.0 Å². The highest BCUT2D eigenvalue weighted by Gasteiger charge is 2.17. The van der Waals surface area contributed by atoms with Gasteiger partial charge in [0.25, 0.3) is 0 Å². The largest absolute Gasteiger partial charge is 0.427 e. The van der Waals surface area contributed by atoms with Crippen LogP contribution in [-0.2, 0) is 35.4 Å². The summed E-state index contributed by atoms with van der Waals surface area (Å²) in [5.74, 6) is 0.916. The summed E-state index contributed by atoms with van der Waals surface area (Å²) in [6.07, 6.45) is 8.40. The fourth-order valence-electron chi connectivity index (χ4n) is 5.81. The molecule has 7 heteroatoms. The summed E-state index contributed by atoms with van der Waals surface area (Å²) in [5.41, 5.74) is 7.89. The number of aliphatic hydroxyl groups excluding tert-OH is 2. The second-order valence-corrected chi connectivity index (χ2v) is 12.1. The summed E-state index contributed by atoms with van der Waals surface area (Å²) in [7, 11) is 0. The van der Waals surface area contributed by atoms with Crippen LogP contribution in [-0.4, -0.2) is 55.6 Å². The number of hydrogen-bond donors (Lipinski definition) is 4. The molecule has 0 radical (unpaired) electrons. The maximum absolute atomic E-state index is 12.6. The number of carbonyl (C=O) groups is 1. The molecule has 244 valence electrons. The van der Waals surface area contributed by atoms with Crippen LogP contribution in [0.15, 0.2) is 60.7 Å². The van der Waals surface area contributed by atoms with Crippen LogP contribution in [0.3, 0.4) is 0 Å². The zero-order chi connectivity index (χ0) is 31.7. The van der Waals surface area contributed by atoms with Crippen LogP contribution in [0.4, 0.5) is 5.69 Å². The zero-order valence-electron chi connectivity index (χ0n) is 27.0. The fourth-order valence-corrected chi connectivity index (χ4v) is 5.81. The number of piperidine rings is 1. The first-order valence-electron chi connectivity index (χ1n) is 16.9. The van der Waals surface area contributed by atoms with Crippen molar-refractivity contribution in [3.8, 4) is 16.9 Å². The molecule has 3 aromatic rings. The first-order valence-corrected chi connectivity index (χ1v) is 16.9. The molecule has 0 atom stereocenters. The Labute approximate surface area is 269 Å². The van der Waals surface area contributed by atoms with Gasteiger partial charge in [0.15, 0.2) is 0 Å². The maximum atomic E-state index is 12.6. The smallest absolute Gasteiger partial charge is 0.311 e. The van der Waals surface area contributed by atoms with Crippen molar-refractivity contribution in [1.29, 1.82) is 0 Å². The monoisotopic (exact) mass is 616 g/mol. The van der Waals surface area contributed by atoms with Crippen molar-refractivity contribution in [2.24, 2.45) is 5.92 Å². The molecular weight excluding hydrogens is 564 g/mol. The van der Waals surface area contributed by atoms with Crippen molar-refractivity contribution in [3.63, 3.8) is 0 Å². The van der Waals surface area contributed by atoms with Crippen LogP contribution in [0.2, 0.25) is 0 Å². The van der Waals surface area contributed by atoms with E-state index in [2.05, 4.69) is 54.0 Å². The highest BCUT2D eigenvalue weighted by Crippen LogP contribution is 2.33. The first kappa shape index (κ1) is 34.6. The van der Waals surface area contributed by atoms with E-state index >= 15 is 0 Å². The Morgan fingerprint density at radius 3 is 2.11 bits per heavy atom. The van der Waals surface area contributed by atoms with Gasteiger partial charge in [-0.2, -0.15) is 0 Å². The summed E-state index contributed by atoms with van der Waals surface area (Å²) in [6, 6.07) is 20.4. The van der Waals surface area contributed by atoms with Crippen molar-refractivity contribution >= 4 is 11.7 Å². The quantitative estimate of drug-likeness (QED) is 0.0696. The van der Waals surface area contributed by atoms with Crippen LogP contribution in [0, 0.1) is 5.92 Å². The van der Waals surface area contributed by atoms with Gasteiger partial charge in [-0.15, -0.1) is 0 Å². The highest BCUT2D eigenvalue weighted by molar-refractivity contribution is 5.74. The topological polar surface area (TPSA) is 100 Å². The molecule has 0 spiro atoms. The lowest BCUT2D eigenvalue weighted by molar-refractivity contribution is -0.134. The van der Waals surface area contributed by atoms with Gasteiger partial charge in [0.1, 0.15) is 5.75 Å². The van der Waals surface area contributed by atoms with Gasteiger partial charge in [-0.25, -0.2) is 0 Å². The van der Waals surface area contributed by atoms with Gasteiger partial charge in [0.2, 0.25) is 0 Å². The molecule has 0 unspecified atom stereocenters. The molecule has 0 bridgehead atoms. The average molecular weight is 617 g/mol. The average Bonchev–Trinajstić information content (AvgIpc) is 3.08. The lowest BCUT2D eigenvalue weighted by atomic mass is 9.92. The lowest BCUT2D eigenvalue weighted by Crippen LogP contribution is -2.31. The van der Waals surface area contributed by atoms with Gasteiger partial charge >= 0.3 is 5.97 Å². The van der Waals surface area contributed by atoms with Crippen molar-refractivity contribution < 1.29 is 24.5 Å². The number of rotatable bonds is 19. The third-order valence-electron chi connectivity index (χ3n) is 8.51. The van der Waals surface area contributed by atoms with E-state index in [1.807, 2.05) is 24.3 Å². The number of benzene rings is 3. The summed E-state index contributed by atoms with van der Waals surface area (Å²) in [5, 5.41) is 26.4. The van der Waals surface area contributed by atoms with Crippen molar-refractivity contribution in [3.05, 3.63) is 82.9 Å². The summed E-state index contributed by atoms with van der Waals surface area (Å²) < 4.78 is 11.3. The number of unbranched alkanes of at least 4 members (excludes halogenated alkanes) is 1. The predicted octanol–water partition coefficient (Wildman–Crippen LogP) is 6.47. The molecule has 4 rings (SSSR count). The third-order valence-corrected chi connectivity index (χ3v) is 8.51. The highest BCUT2D eigenvalue weighted by atomic mass is 16.5. The molecule has 0 aliphatic carbocycles. The molecule has 1 saturated heterocycles. The second-order valence-electron chi connectivity index (χ2n) is 12.1. The van der Waals surface area contributed by atoms with Crippen LogP contribution < -0.4 is 15.4 Å². The molecule has 1 heterocycles. The molecule has 7 nitrogen and oxygen atoms in total. The molecule has 0 amide bonds. The number of anilines is 1. The molecule has 45 heavy (non-hydrogen) atoms. The van der Waals surface area contributed by atoms with E-state index in [1.54, 1.807) is 0 Å². The van der Waals surface area contributed by atoms with E-state index < -0.39 is 0 Å². The number of hydrogen-bond acceptors (Lipinski definition) is 7. The number of aliphatic hydroxyl groups is 2. The lowest BCUT2D eigenvalue weighted by Gasteiger charge is -2.25. The Hall–Kier alpha value is -3.23. The maximum Gasteiger partial charge on any atom is 0.311 e. The molecule has 0 saturated carbocycles. The van der Waals surface area contributed by atoms with Crippen LogP contribution in [0.25, 0.3) is 11.1 Å². The number of esters is 1. The van der Waals surface area contributed by atoms with Gasteiger partial charge in [-0.1, -0.05) is 49.7 Å². The Balaban J connectivity index is 1.38. The first-order chi connectivity index (χ1) is 22.1. The second kappa shape index (κ2) is 19.3. The normalized spacial score (nSPS) is 13.6. The summed E-state index contributed by atoms with van der Waals surface area (Å²) >= 11 is 0. The van der Waals surface area contributed by atoms with E-state index in [1.165, 1.54) is 24.0 Å². The van der Waals surface area contributed by atoms with Crippen molar-refractivity contribution in [2.45, 2.75) is 77.7 Å². The van der Waals surface area contributed by atoms with E-state index in [4.69, 9.17) is 9.47 Å². The molecule has 4 N–H and O–H groups in total. The van der Waals surface area contributed by atoms with Crippen LogP contribution in [0.5, 0.6) is 5.75 Å². The predicted molar refractivity (Wildman–Crippen MR) is 182 cm³/mol. The molecule has 1 aliphatic rings. The minimum absolute atomic E-state index is 0.142. The van der Waals surface area contributed by atoms with Gasteiger partial charge < -0.3 is 30.3 Å². The summed E-state index contributed by atoms with van der Waals surface area (Å²) in [6.45, 7) is 6.90. The van der Waals surface area contributed by atoms with Crippen molar-refractivity contribution in [2.75, 3.05) is 44.8 Å². The van der Waals surface area contributed by atoms with Gasteiger partial charge in [-0.05, 0) is 128 Å². The van der Waals surface area contributed by atoms with Gasteiger partial charge in [0.05, 0.1) is 6.61 Å². The van der Waals surface area contributed by atoms with Gasteiger partial charge in [-0.3, -0.25) is 4.79 Å². The molecule has 0 aromatic heterocycles. The SMILES string of the molecule is CCCCOCc1ccc(CCC(=O)Oc2ccc(-c3cc(CCCO)c(NCC4CCNCC4)c(CCCO)c3)cc2)cc1. The number of ether oxygens (including phenoxy) is 2. The Morgan fingerprint density at radius 2 is 1.49 bits per heavy atom. The Morgan fingerprint density at radius 1 is 0.844 bits per heavy atom. The minimum atomic E-state index is -0.253. The molecule has 1 aliphatic heterocycles. The number of nitrogens with one attached hydrogen (secondary N) is 2. The van der Waals surface area contributed by atoms with E-state index in [0.717, 1.165) is 79.9 Å². The number of aryl methyl sites for hydroxylation is 3. The third kappa shape index (κ3) is 11.6. The molecule has 1 fully saturated rings. The molecular formula is C38H52N2O5. The van der Waals surface area contributed by atoms with E-state index in [9.17, 15) is 15.0 Å². The molecule has 3 aromatic carbocycles. The standard InChI is InChI=1S/C38H52N2O5/c1-2-3-24-44-28-31-10-8-29(9-11-31)12-17-37(43)45-36-15-13-32(14-16-36)35-25-33(6-4-22-41)38(34(26-35)7-5-23-42)40-27-30-18-20-39-21-19-30/h8-11,13-16,25-26,30,39-42H,2-7,12,17-24,27-28H2,1H3. The van der Waals surface area contributed by atoms with Crippen LogP contribution in [0.1, 0.15) is 74.1 Å². The van der Waals surface area contributed by atoms with Gasteiger partial charge in [0, 0.05) is 38.5 Å². The van der Waals surface area contributed by atoms with Crippen molar-refractivity contribution in [1.82, 2.24) is 5.32 Å².